The standard InChI is InChI=1S/C13H27N3O.ClH/c1-11(9-14)16(2)10-13(17)15-12-7-5-3-4-6-8-12;/h11-12H,3-10,14H2,1-2H3,(H,15,17);1H. The Hall–Kier alpha value is -0.320. The van der Waals surface area contributed by atoms with E-state index in [2.05, 4.69) is 5.32 Å². The molecule has 1 saturated carbocycles. The topological polar surface area (TPSA) is 58.4 Å². The molecule has 1 aliphatic carbocycles. The number of nitrogens with zero attached hydrogens (tertiary/aromatic N) is 1. The van der Waals surface area contributed by atoms with Crippen molar-refractivity contribution in [2.24, 2.45) is 5.73 Å². The van der Waals surface area contributed by atoms with Crippen molar-refractivity contribution in [2.75, 3.05) is 20.1 Å². The number of nitrogens with two attached hydrogens (primary N) is 1. The van der Waals surface area contributed by atoms with Gasteiger partial charge in [0.25, 0.3) is 0 Å². The molecule has 0 radical (unpaired) electrons. The lowest BCUT2D eigenvalue weighted by atomic mass is 10.1. The molecule has 0 saturated heterocycles. The average molecular weight is 278 g/mol. The summed E-state index contributed by atoms with van der Waals surface area (Å²) in [5, 5.41) is 3.15. The molecule has 1 rings (SSSR count). The van der Waals surface area contributed by atoms with Crippen molar-refractivity contribution < 1.29 is 4.79 Å². The molecule has 0 aromatic rings. The Bertz CT molecular complexity index is 230. The monoisotopic (exact) mass is 277 g/mol. The van der Waals surface area contributed by atoms with Crippen LogP contribution in [0.2, 0.25) is 0 Å². The van der Waals surface area contributed by atoms with Crippen LogP contribution in [0, 0.1) is 0 Å². The van der Waals surface area contributed by atoms with Crippen LogP contribution in [-0.2, 0) is 4.79 Å². The van der Waals surface area contributed by atoms with Gasteiger partial charge in [0.15, 0.2) is 0 Å². The molecule has 0 bridgehead atoms. The predicted molar refractivity (Wildman–Crippen MR) is 78.0 cm³/mol. The van der Waals surface area contributed by atoms with Crippen LogP contribution in [-0.4, -0.2) is 43.0 Å². The van der Waals surface area contributed by atoms with Crippen LogP contribution in [0.1, 0.15) is 45.4 Å². The van der Waals surface area contributed by atoms with Crippen LogP contribution >= 0.6 is 12.4 Å². The SMILES string of the molecule is CC(CN)N(C)CC(=O)NC1CCCCCC1.Cl. The second-order valence-corrected chi connectivity index (χ2v) is 5.26. The third kappa shape index (κ3) is 6.57. The molecular weight excluding hydrogens is 250 g/mol. The van der Waals surface area contributed by atoms with E-state index in [9.17, 15) is 4.79 Å². The number of carbonyl (C=O) groups excluding carboxylic acids is 1. The van der Waals surface area contributed by atoms with Gasteiger partial charge in [0.2, 0.25) is 5.91 Å². The third-order valence-electron chi connectivity index (χ3n) is 3.71. The van der Waals surface area contributed by atoms with Gasteiger partial charge in [-0.25, -0.2) is 0 Å². The van der Waals surface area contributed by atoms with Crippen LogP contribution < -0.4 is 11.1 Å². The van der Waals surface area contributed by atoms with E-state index < -0.39 is 0 Å². The van der Waals surface area contributed by atoms with Gasteiger partial charge in [0.1, 0.15) is 0 Å². The van der Waals surface area contributed by atoms with E-state index in [0.29, 0.717) is 19.1 Å². The van der Waals surface area contributed by atoms with Gasteiger partial charge in [0, 0.05) is 18.6 Å². The number of rotatable bonds is 5. The molecule has 0 heterocycles. The molecule has 108 valence electrons. The highest BCUT2D eigenvalue weighted by Crippen LogP contribution is 2.17. The maximum Gasteiger partial charge on any atom is 0.234 e. The normalized spacial score (nSPS) is 18.9. The fraction of sp³-hybridized carbons (Fsp3) is 0.923. The van der Waals surface area contributed by atoms with Crippen molar-refractivity contribution >= 4 is 18.3 Å². The van der Waals surface area contributed by atoms with E-state index in [1.54, 1.807) is 0 Å². The molecule has 0 spiro atoms. The van der Waals surface area contributed by atoms with E-state index >= 15 is 0 Å². The zero-order valence-electron chi connectivity index (χ0n) is 11.7. The van der Waals surface area contributed by atoms with Crippen LogP contribution in [0.25, 0.3) is 0 Å². The van der Waals surface area contributed by atoms with Gasteiger partial charge < -0.3 is 11.1 Å². The maximum absolute atomic E-state index is 11.9. The van der Waals surface area contributed by atoms with E-state index in [1.165, 1.54) is 25.7 Å². The minimum atomic E-state index is 0. The van der Waals surface area contributed by atoms with E-state index in [-0.39, 0.29) is 24.4 Å². The molecule has 1 atom stereocenters. The van der Waals surface area contributed by atoms with Crippen LogP contribution in [0.15, 0.2) is 0 Å². The molecule has 1 fully saturated rings. The van der Waals surface area contributed by atoms with E-state index in [1.807, 2.05) is 18.9 Å². The average Bonchev–Trinajstić information content (AvgIpc) is 2.56. The van der Waals surface area contributed by atoms with Gasteiger partial charge in [-0.3, -0.25) is 9.69 Å². The summed E-state index contributed by atoms with van der Waals surface area (Å²) in [7, 11) is 1.95. The van der Waals surface area contributed by atoms with E-state index in [4.69, 9.17) is 5.73 Å². The lowest BCUT2D eigenvalue weighted by Gasteiger charge is -2.24. The number of nitrogens with one attached hydrogen (secondary N) is 1. The summed E-state index contributed by atoms with van der Waals surface area (Å²) in [6, 6.07) is 0.654. The quantitative estimate of drug-likeness (QED) is 0.750. The maximum atomic E-state index is 11.9. The Morgan fingerprint density at radius 3 is 2.39 bits per heavy atom. The molecule has 0 aromatic carbocycles. The van der Waals surface area contributed by atoms with Gasteiger partial charge in [-0.05, 0) is 26.8 Å². The molecule has 18 heavy (non-hydrogen) atoms. The van der Waals surface area contributed by atoms with E-state index in [0.717, 1.165) is 12.8 Å². The van der Waals surface area contributed by atoms with Gasteiger partial charge in [0.05, 0.1) is 6.54 Å². The number of carbonyl (C=O) groups is 1. The molecule has 0 aliphatic heterocycles. The van der Waals surface area contributed by atoms with Gasteiger partial charge in [-0.2, -0.15) is 0 Å². The summed E-state index contributed by atoms with van der Waals surface area (Å²) >= 11 is 0. The molecule has 3 N–H and O–H groups in total. The first-order chi connectivity index (χ1) is 8.13. The Labute approximate surface area is 117 Å². The predicted octanol–water partition coefficient (Wildman–Crippen LogP) is 1.53. The smallest absolute Gasteiger partial charge is 0.234 e. The first kappa shape index (κ1) is 17.7. The summed E-state index contributed by atoms with van der Waals surface area (Å²) in [5.74, 6) is 0.139. The Kier molecular flexibility index (Phi) is 9.42. The number of amides is 1. The first-order valence-electron chi connectivity index (χ1n) is 6.83. The number of hydrogen-bond acceptors (Lipinski definition) is 3. The molecule has 1 amide bonds. The second-order valence-electron chi connectivity index (χ2n) is 5.26. The molecule has 4 nitrogen and oxygen atoms in total. The Balaban J connectivity index is 0.00000289. The molecule has 1 aliphatic rings. The van der Waals surface area contributed by atoms with Crippen molar-refractivity contribution in [3.63, 3.8) is 0 Å². The van der Waals surface area contributed by atoms with Crippen molar-refractivity contribution in [2.45, 2.75) is 57.5 Å². The lowest BCUT2D eigenvalue weighted by molar-refractivity contribution is -0.123. The van der Waals surface area contributed by atoms with Crippen LogP contribution in [0.3, 0.4) is 0 Å². The summed E-state index contributed by atoms with van der Waals surface area (Å²) < 4.78 is 0. The van der Waals surface area contributed by atoms with Gasteiger partial charge >= 0.3 is 0 Å². The fourth-order valence-corrected chi connectivity index (χ4v) is 2.26. The van der Waals surface area contributed by atoms with Crippen LogP contribution in [0.4, 0.5) is 0 Å². The summed E-state index contributed by atoms with van der Waals surface area (Å²) in [5.41, 5.74) is 5.58. The Morgan fingerprint density at radius 2 is 1.89 bits per heavy atom. The molecule has 5 heteroatoms. The van der Waals surface area contributed by atoms with Crippen LogP contribution in [0.5, 0.6) is 0 Å². The lowest BCUT2D eigenvalue weighted by Crippen LogP contribution is -2.45. The first-order valence-corrected chi connectivity index (χ1v) is 6.83. The van der Waals surface area contributed by atoms with Gasteiger partial charge in [-0.15, -0.1) is 12.4 Å². The zero-order valence-corrected chi connectivity index (χ0v) is 12.5. The van der Waals surface area contributed by atoms with Crippen molar-refractivity contribution in [3.05, 3.63) is 0 Å². The molecule has 0 aromatic heterocycles. The third-order valence-corrected chi connectivity index (χ3v) is 3.71. The minimum absolute atomic E-state index is 0. The summed E-state index contributed by atoms with van der Waals surface area (Å²) in [4.78, 5) is 13.9. The molecular formula is C13H28ClN3O. The largest absolute Gasteiger partial charge is 0.352 e. The Morgan fingerprint density at radius 1 is 1.33 bits per heavy atom. The summed E-state index contributed by atoms with van der Waals surface area (Å²) in [6.07, 6.45) is 7.41. The van der Waals surface area contributed by atoms with Crippen molar-refractivity contribution in [1.29, 1.82) is 0 Å². The highest BCUT2D eigenvalue weighted by Gasteiger charge is 2.17. The highest BCUT2D eigenvalue weighted by atomic mass is 35.5. The number of hydrogen-bond donors (Lipinski definition) is 2. The molecule has 1 unspecified atom stereocenters. The summed E-state index contributed by atoms with van der Waals surface area (Å²) in [6.45, 7) is 3.08. The van der Waals surface area contributed by atoms with Crippen molar-refractivity contribution in [3.8, 4) is 0 Å². The highest BCUT2D eigenvalue weighted by molar-refractivity contribution is 5.85. The van der Waals surface area contributed by atoms with Crippen molar-refractivity contribution in [1.82, 2.24) is 10.2 Å². The van der Waals surface area contributed by atoms with Gasteiger partial charge in [-0.1, -0.05) is 25.7 Å². The number of halogens is 1. The zero-order chi connectivity index (χ0) is 12.7. The number of likely N-dealkylation sites (N-methyl/N-ethyl adjacent to an activating group) is 1. The minimum Gasteiger partial charge on any atom is -0.352 e. The second kappa shape index (κ2) is 9.59. The fourth-order valence-electron chi connectivity index (χ4n) is 2.26.